The summed E-state index contributed by atoms with van der Waals surface area (Å²) in [6.45, 7) is 4.28. The number of hydrogen-bond donors (Lipinski definition) is 1. The van der Waals surface area contributed by atoms with Gasteiger partial charge in [-0.3, -0.25) is 4.79 Å². The number of aromatic nitrogens is 3. The van der Waals surface area contributed by atoms with E-state index < -0.39 is 9.84 Å². The molecule has 1 atom stereocenters. The van der Waals surface area contributed by atoms with Crippen molar-refractivity contribution in [3.63, 3.8) is 0 Å². The molecule has 1 amide bonds. The summed E-state index contributed by atoms with van der Waals surface area (Å²) < 4.78 is 24.6. The number of hydrogen-bond acceptors (Lipinski definition) is 5. The highest BCUT2D eigenvalue weighted by molar-refractivity contribution is 7.91. The Labute approximate surface area is 147 Å². The van der Waals surface area contributed by atoms with E-state index in [4.69, 9.17) is 0 Å². The summed E-state index contributed by atoms with van der Waals surface area (Å²) in [5.74, 6) is 0.875. The molecule has 0 spiro atoms. The van der Waals surface area contributed by atoms with Crippen LogP contribution in [0.1, 0.15) is 29.8 Å². The van der Waals surface area contributed by atoms with Gasteiger partial charge in [0, 0.05) is 24.9 Å². The number of carbonyl (C=O) groups is 1. The average Bonchev–Trinajstić information content (AvgIpc) is 3.07. The zero-order chi connectivity index (χ0) is 18.0. The molecular weight excluding hydrogens is 340 g/mol. The van der Waals surface area contributed by atoms with Crippen molar-refractivity contribution in [2.75, 3.05) is 11.5 Å². The molecule has 0 bridgehead atoms. The van der Waals surface area contributed by atoms with Crippen LogP contribution in [-0.2, 0) is 21.2 Å². The molecule has 1 aliphatic rings. The molecule has 0 saturated carbocycles. The van der Waals surface area contributed by atoms with E-state index in [9.17, 15) is 13.2 Å². The van der Waals surface area contributed by atoms with Gasteiger partial charge in [0.2, 0.25) is 5.91 Å². The zero-order valence-electron chi connectivity index (χ0n) is 14.4. The predicted octanol–water partition coefficient (Wildman–Crippen LogP) is 1.33. The van der Waals surface area contributed by atoms with E-state index in [1.807, 2.05) is 32.0 Å². The minimum atomic E-state index is -2.94. The lowest BCUT2D eigenvalue weighted by molar-refractivity contribution is -0.122. The Kier molecular flexibility index (Phi) is 4.89. The van der Waals surface area contributed by atoms with Crippen molar-refractivity contribution < 1.29 is 13.2 Å². The van der Waals surface area contributed by atoms with Crippen LogP contribution in [0.2, 0.25) is 0 Å². The maximum absolute atomic E-state index is 12.0. The average molecular weight is 362 g/mol. The van der Waals surface area contributed by atoms with Crippen molar-refractivity contribution in [2.45, 2.75) is 33.2 Å². The minimum absolute atomic E-state index is 0.0588. The van der Waals surface area contributed by atoms with Crippen LogP contribution in [0.4, 0.5) is 0 Å². The number of nitrogens with zero attached hydrogens (tertiary/aromatic N) is 3. The summed E-state index contributed by atoms with van der Waals surface area (Å²) in [6.07, 6.45) is 2.55. The Hall–Kier alpha value is -2.22. The normalized spacial score (nSPS) is 19.0. The van der Waals surface area contributed by atoms with Crippen molar-refractivity contribution in [1.29, 1.82) is 0 Å². The second-order valence-electron chi connectivity index (χ2n) is 6.61. The molecule has 2 aromatic rings. The summed E-state index contributed by atoms with van der Waals surface area (Å²) in [6, 6.07) is 5.75. The van der Waals surface area contributed by atoms with Crippen LogP contribution in [0.5, 0.6) is 0 Å². The van der Waals surface area contributed by atoms with Gasteiger partial charge in [-0.15, -0.1) is 0 Å². The molecule has 0 radical (unpaired) electrons. The van der Waals surface area contributed by atoms with Gasteiger partial charge in [0.25, 0.3) is 0 Å². The van der Waals surface area contributed by atoms with Gasteiger partial charge in [-0.25, -0.2) is 18.1 Å². The van der Waals surface area contributed by atoms with Crippen LogP contribution in [-0.4, -0.2) is 40.6 Å². The van der Waals surface area contributed by atoms with Crippen LogP contribution in [0.3, 0.4) is 0 Å². The summed E-state index contributed by atoms with van der Waals surface area (Å²) in [5.41, 5.74) is 2.83. The third-order valence-electron chi connectivity index (χ3n) is 4.33. The first-order valence-electron chi connectivity index (χ1n) is 8.28. The highest BCUT2D eigenvalue weighted by Crippen LogP contribution is 2.21. The molecule has 3 rings (SSSR count). The maximum atomic E-state index is 12.0. The van der Waals surface area contributed by atoms with E-state index in [1.54, 1.807) is 10.9 Å². The predicted molar refractivity (Wildman–Crippen MR) is 94.1 cm³/mol. The second kappa shape index (κ2) is 6.95. The molecule has 1 N–H and O–H groups in total. The zero-order valence-corrected chi connectivity index (χ0v) is 15.2. The van der Waals surface area contributed by atoms with Gasteiger partial charge in [-0.2, -0.15) is 5.10 Å². The molecule has 0 aromatic carbocycles. The fraction of sp³-hybridized carbons (Fsp3) is 0.471. The van der Waals surface area contributed by atoms with Crippen molar-refractivity contribution in [3.8, 4) is 5.82 Å². The Morgan fingerprint density at radius 1 is 1.36 bits per heavy atom. The highest BCUT2D eigenvalue weighted by Gasteiger charge is 2.29. The molecule has 1 saturated heterocycles. The third kappa shape index (κ3) is 4.45. The van der Waals surface area contributed by atoms with E-state index >= 15 is 0 Å². The van der Waals surface area contributed by atoms with Crippen LogP contribution < -0.4 is 5.32 Å². The molecule has 25 heavy (non-hydrogen) atoms. The van der Waals surface area contributed by atoms with Gasteiger partial charge in [0.05, 0.1) is 17.2 Å². The topological polar surface area (TPSA) is 94.0 Å². The van der Waals surface area contributed by atoms with Crippen molar-refractivity contribution in [1.82, 2.24) is 20.1 Å². The fourth-order valence-corrected chi connectivity index (χ4v) is 4.94. The first kappa shape index (κ1) is 17.6. The lowest BCUT2D eigenvalue weighted by atomic mass is 10.1. The second-order valence-corrected chi connectivity index (χ2v) is 8.84. The molecule has 0 aliphatic carbocycles. The molecule has 1 aliphatic heterocycles. The molecule has 134 valence electrons. The number of sulfone groups is 1. The van der Waals surface area contributed by atoms with Crippen LogP contribution in [0.25, 0.3) is 5.82 Å². The van der Waals surface area contributed by atoms with Gasteiger partial charge in [0.1, 0.15) is 0 Å². The largest absolute Gasteiger partial charge is 0.352 e. The van der Waals surface area contributed by atoms with Crippen LogP contribution in [0.15, 0.2) is 24.4 Å². The van der Waals surface area contributed by atoms with Crippen molar-refractivity contribution >= 4 is 15.7 Å². The molecule has 2 aromatic heterocycles. The summed E-state index contributed by atoms with van der Waals surface area (Å²) in [7, 11) is -2.94. The Bertz CT molecular complexity index is 872. The Morgan fingerprint density at radius 2 is 2.16 bits per heavy atom. The number of carbonyl (C=O) groups excluding carboxylic acids is 1. The minimum Gasteiger partial charge on any atom is -0.352 e. The smallest absolute Gasteiger partial charge is 0.220 e. The van der Waals surface area contributed by atoms with Gasteiger partial charge in [0.15, 0.2) is 15.7 Å². The fourth-order valence-electron chi connectivity index (χ4n) is 3.08. The van der Waals surface area contributed by atoms with Gasteiger partial charge in [-0.1, -0.05) is 6.07 Å². The first-order valence-corrected chi connectivity index (χ1v) is 10.1. The molecule has 8 heteroatoms. The number of aryl methyl sites for hydroxylation is 2. The van der Waals surface area contributed by atoms with Gasteiger partial charge < -0.3 is 5.32 Å². The van der Waals surface area contributed by atoms with E-state index in [0.29, 0.717) is 13.0 Å². The quantitative estimate of drug-likeness (QED) is 0.866. The Balaban J connectivity index is 1.53. The van der Waals surface area contributed by atoms with Crippen LogP contribution in [0, 0.1) is 19.8 Å². The van der Waals surface area contributed by atoms with Crippen molar-refractivity contribution in [2.24, 2.45) is 5.92 Å². The monoisotopic (exact) mass is 362 g/mol. The van der Waals surface area contributed by atoms with E-state index in [0.717, 1.165) is 22.8 Å². The first-order chi connectivity index (χ1) is 11.8. The standard InChI is InChI=1S/C17H22N4O3S/c1-12-7-13(2)21(20-12)16-4-3-15(9-18-16)10-19-17(22)8-14-5-6-25(23,24)11-14/h3-4,7,9,14H,5-6,8,10-11H2,1-2H3,(H,19,22). The third-order valence-corrected chi connectivity index (χ3v) is 6.16. The molecule has 1 unspecified atom stereocenters. The summed E-state index contributed by atoms with van der Waals surface area (Å²) in [4.78, 5) is 16.4. The summed E-state index contributed by atoms with van der Waals surface area (Å²) in [5, 5.41) is 7.22. The molecule has 3 heterocycles. The van der Waals surface area contributed by atoms with E-state index in [-0.39, 0.29) is 29.8 Å². The van der Waals surface area contributed by atoms with Gasteiger partial charge >= 0.3 is 0 Å². The SMILES string of the molecule is Cc1cc(C)n(-c2ccc(CNC(=O)CC3CCS(=O)(=O)C3)cn2)n1. The summed E-state index contributed by atoms with van der Waals surface area (Å²) >= 11 is 0. The molecule has 1 fully saturated rings. The number of pyridine rings is 1. The van der Waals surface area contributed by atoms with E-state index in [1.165, 1.54) is 0 Å². The maximum Gasteiger partial charge on any atom is 0.220 e. The van der Waals surface area contributed by atoms with E-state index in [2.05, 4.69) is 15.4 Å². The van der Waals surface area contributed by atoms with Crippen molar-refractivity contribution in [3.05, 3.63) is 41.3 Å². The Morgan fingerprint density at radius 3 is 2.72 bits per heavy atom. The van der Waals surface area contributed by atoms with Crippen LogP contribution >= 0.6 is 0 Å². The highest BCUT2D eigenvalue weighted by atomic mass is 32.2. The number of amides is 1. The lowest BCUT2D eigenvalue weighted by Crippen LogP contribution is -2.25. The number of nitrogens with one attached hydrogen (secondary N) is 1. The number of rotatable bonds is 5. The van der Waals surface area contributed by atoms with Gasteiger partial charge in [-0.05, 0) is 43.9 Å². The molecule has 7 nitrogen and oxygen atoms in total. The lowest BCUT2D eigenvalue weighted by Gasteiger charge is -2.09. The molecular formula is C17H22N4O3S.